The predicted molar refractivity (Wildman–Crippen MR) is 102 cm³/mol. The molecule has 0 saturated carbocycles. The lowest BCUT2D eigenvalue weighted by Gasteiger charge is -2.18. The smallest absolute Gasteiger partial charge is 0.128 e. The average molecular weight is 335 g/mol. The third kappa shape index (κ3) is 4.27. The Hall–Kier alpha value is -2.51. The van der Waals surface area contributed by atoms with Crippen molar-refractivity contribution in [3.63, 3.8) is 0 Å². The van der Waals surface area contributed by atoms with Gasteiger partial charge in [-0.1, -0.05) is 84.4 Å². The molecule has 0 saturated heterocycles. The predicted octanol–water partition coefficient (Wildman–Crippen LogP) is 6.62. The van der Waals surface area contributed by atoms with E-state index in [2.05, 4.69) is 30.3 Å². The van der Waals surface area contributed by atoms with Crippen molar-refractivity contribution in [3.8, 4) is 0 Å². The summed E-state index contributed by atoms with van der Waals surface area (Å²) >= 11 is 6.10. The lowest BCUT2D eigenvalue weighted by molar-refractivity contribution is 0.190. The highest BCUT2D eigenvalue weighted by molar-refractivity contribution is 6.30. The molecular weight excluding hydrogens is 316 g/mol. The average Bonchev–Trinajstić information content (AvgIpc) is 2.63. The van der Waals surface area contributed by atoms with Crippen LogP contribution in [0.3, 0.4) is 0 Å². The number of hydrogen-bond acceptors (Lipinski definition) is 1. The van der Waals surface area contributed by atoms with Gasteiger partial charge in [0.15, 0.2) is 0 Å². The first-order valence-electron chi connectivity index (χ1n) is 7.96. The van der Waals surface area contributed by atoms with Gasteiger partial charge in [-0.25, -0.2) is 0 Å². The first kappa shape index (κ1) is 16.4. The molecule has 3 rings (SSSR count). The molecule has 120 valence electrons. The van der Waals surface area contributed by atoms with E-state index in [0.29, 0.717) is 0 Å². The third-order valence-electron chi connectivity index (χ3n) is 3.78. The molecule has 3 aromatic carbocycles. The van der Waals surface area contributed by atoms with E-state index in [4.69, 9.17) is 16.3 Å². The van der Waals surface area contributed by atoms with Crippen molar-refractivity contribution in [1.29, 1.82) is 0 Å². The molecule has 2 heteroatoms. The highest BCUT2D eigenvalue weighted by Gasteiger charge is 2.11. The zero-order valence-corrected chi connectivity index (χ0v) is 14.3. The third-order valence-corrected chi connectivity index (χ3v) is 4.01. The molecule has 0 aliphatic carbocycles. The Labute approximate surface area is 148 Å². The maximum Gasteiger partial charge on any atom is 0.128 e. The minimum absolute atomic E-state index is 0.0983. The zero-order chi connectivity index (χ0) is 16.8. The molecule has 0 N–H and O–H groups in total. The van der Waals surface area contributed by atoms with E-state index in [-0.39, 0.29) is 6.10 Å². The Bertz CT molecular complexity index is 810. The molecule has 0 heterocycles. The lowest BCUT2D eigenvalue weighted by Crippen LogP contribution is -2.00. The van der Waals surface area contributed by atoms with E-state index >= 15 is 0 Å². The second kappa shape index (κ2) is 7.85. The first-order valence-corrected chi connectivity index (χ1v) is 8.34. The van der Waals surface area contributed by atoms with Gasteiger partial charge < -0.3 is 4.74 Å². The quantitative estimate of drug-likeness (QED) is 0.376. The van der Waals surface area contributed by atoms with Crippen LogP contribution in [0.2, 0.25) is 5.02 Å². The van der Waals surface area contributed by atoms with Gasteiger partial charge in [0.1, 0.15) is 11.9 Å². The second-order valence-corrected chi connectivity index (χ2v) is 6.04. The number of ether oxygens (including phenoxy) is 1. The number of rotatable bonds is 5. The molecule has 1 atom stereocenters. The molecule has 0 aromatic heterocycles. The minimum atomic E-state index is -0.0983. The lowest BCUT2D eigenvalue weighted by atomic mass is 10.1. The molecule has 1 nitrogen and oxygen atoms in total. The van der Waals surface area contributed by atoms with E-state index in [1.807, 2.05) is 67.6 Å². The summed E-state index contributed by atoms with van der Waals surface area (Å²) in [6, 6.07) is 28.1. The standard InChI is InChI=1S/C22H19ClO/c1-17(20-13-8-14-21(23)16-20)24-22(19-11-6-3-7-12-19)15-18-9-4-2-5-10-18/h2-17H,1H3/b22-15-. The van der Waals surface area contributed by atoms with Gasteiger partial charge in [-0.2, -0.15) is 0 Å². The molecule has 0 fully saturated rings. The first-order chi connectivity index (χ1) is 11.7. The van der Waals surface area contributed by atoms with Gasteiger partial charge in [0.05, 0.1) is 0 Å². The van der Waals surface area contributed by atoms with Crippen molar-refractivity contribution in [1.82, 2.24) is 0 Å². The molecular formula is C22H19ClO. The molecule has 0 spiro atoms. The van der Waals surface area contributed by atoms with Crippen LogP contribution in [-0.4, -0.2) is 0 Å². The molecule has 0 radical (unpaired) electrons. The maximum atomic E-state index is 6.28. The summed E-state index contributed by atoms with van der Waals surface area (Å²) in [5.41, 5.74) is 3.21. The fourth-order valence-corrected chi connectivity index (χ4v) is 2.71. The van der Waals surface area contributed by atoms with Crippen LogP contribution in [-0.2, 0) is 4.74 Å². The van der Waals surface area contributed by atoms with Crippen molar-refractivity contribution in [3.05, 3.63) is 107 Å². The van der Waals surface area contributed by atoms with Crippen LogP contribution >= 0.6 is 11.6 Å². The van der Waals surface area contributed by atoms with Gasteiger partial charge >= 0.3 is 0 Å². The monoisotopic (exact) mass is 334 g/mol. The van der Waals surface area contributed by atoms with Gasteiger partial charge in [0, 0.05) is 10.6 Å². The summed E-state index contributed by atoms with van der Waals surface area (Å²) in [5, 5.41) is 0.719. The summed E-state index contributed by atoms with van der Waals surface area (Å²) in [5.74, 6) is 0.842. The van der Waals surface area contributed by atoms with Crippen LogP contribution in [0.4, 0.5) is 0 Å². The van der Waals surface area contributed by atoms with Crippen LogP contribution in [0.5, 0.6) is 0 Å². The topological polar surface area (TPSA) is 9.23 Å². The minimum Gasteiger partial charge on any atom is -0.485 e. The van der Waals surface area contributed by atoms with Gasteiger partial charge in [-0.05, 0) is 36.3 Å². The fraction of sp³-hybridized carbons (Fsp3) is 0.0909. The normalized spacial score (nSPS) is 12.7. The van der Waals surface area contributed by atoms with E-state index in [9.17, 15) is 0 Å². The highest BCUT2D eigenvalue weighted by Crippen LogP contribution is 2.28. The Morgan fingerprint density at radius 1 is 0.875 bits per heavy atom. The summed E-state index contributed by atoms with van der Waals surface area (Å²) in [4.78, 5) is 0. The van der Waals surface area contributed by atoms with Gasteiger partial charge in [0.2, 0.25) is 0 Å². The SMILES string of the molecule is CC(O/C(=C\c1ccccc1)c1ccccc1)c1cccc(Cl)c1. The van der Waals surface area contributed by atoms with Crippen molar-refractivity contribution in [2.75, 3.05) is 0 Å². The summed E-state index contributed by atoms with van der Waals surface area (Å²) in [6.07, 6.45) is 1.97. The highest BCUT2D eigenvalue weighted by atomic mass is 35.5. The summed E-state index contributed by atoms with van der Waals surface area (Å²) in [6.45, 7) is 2.04. The van der Waals surface area contributed by atoms with Gasteiger partial charge in [-0.3, -0.25) is 0 Å². The zero-order valence-electron chi connectivity index (χ0n) is 13.5. The Morgan fingerprint density at radius 2 is 1.54 bits per heavy atom. The van der Waals surface area contributed by atoms with E-state index in [0.717, 1.165) is 27.5 Å². The van der Waals surface area contributed by atoms with Gasteiger partial charge in [-0.15, -0.1) is 0 Å². The molecule has 0 amide bonds. The van der Waals surface area contributed by atoms with Crippen LogP contribution in [0, 0.1) is 0 Å². The van der Waals surface area contributed by atoms with Crippen molar-refractivity contribution >= 4 is 23.4 Å². The molecule has 3 aromatic rings. The van der Waals surface area contributed by atoms with E-state index < -0.39 is 0 Å². The Kier molecular flexibility index (Phi) is 5.35. The van der Waals surface area contributed by atoms with Crippen molar-refractivity contribution < 1.29 is 4.74 Å². The molecule has 1 unspecified atom stereocenters. The molecule has 0 aliphatic heterocycles. The Morgan fingerprint density at radius 3 is 2.21 bits per heavy atom. The molecule has 24 heavy (non-hydrogen) atoms. The van der Waals surface area contributed by atoms with Crippen molar-refractivity contribution in [2.24, 2.45) is 0 Å². The van der Waals surface area contributed by atoms with Crippen molar-refractivity contribution in [2.45, 2.75) is 13.0 Å². The van der Waals surface area contributed by atoms with E-state index in [1.54, 1.807) is 0 Å². The van der Waals surface area contributed by atoms with Crippen LogP contribution in [0.1, 0.15) is 29.7 Å². The van der Waals surface area contributed by atoms with Crippen LogP contribution in [0.15, 0.2) is 84.9 Å². The van der Waals surface area contributed by atoms with E-state index in [1.165, 1.54) is 0 Å². The van der Waals surface area contributed by atoms with Crippen LogP contribution < -0.4 is 0 Å². The Balaban J connectivity index is 1.92. The molecule has 0 bridgehead atoms. The summed E-state index contributed by atoms with van der Waals surface area (Å²) in [7, 11) is 0. The fourth-order valence-electron chi connectivity index (χ4n) is 2.51. The van der Waals surface area contributed by atoms with Gasteiger partial charge in [0.25, 0.3) is 0 Å². The largest absolute Gasteiger partial charge is 0.485 e. The second-order valence-electron chi connectivity index (χ2n) is 5.60. The number of hydrogen-bond donors (Lipinski definition) is 0. The number of halogens is 1. The molecule has 0 aliphatic rings. The number of benzene rings is 3. The summed E-state index contributed by atoms with van der Waals surface area (Å²) < 4.78 is 6.28. The van der Waals surface area contributed by atoms with Crippen LogP contribution in [0.25, 0.3) is 11.8 Å². The maximum absolute atomic E-state index is 6.28.